The Bertz CT molecular complexity index is 264. The van der Waals surface area contributed by atoms with E-state index in [1.165, 1.54) is 4.90 Å². The van der Waals surface area contributed by atoms with E-state index in [-0.39, 0.29) is 0 Å². The maximum absolute atomic E-state index is 11.6. The third kappa shape index (κ3) is 5.82. The first kappa shape index (κ1) is 12.6. The first-order chi connectivity index (χ1) is 7.18. The molecule has 0 heterocycles. The molecule has 0 amide bonds. The molecule has 83 valence electrons. The lowest BCUT2D eigenvalue weighted by Crippen LogP contribution is -2.19. The summed E-state index contributed by atoms with van der Waals surface area (Å²) in [6.45, 7) is 0.878. The van der Waals surface area contributed by atoms with Gasteiger partial charge in [0.15, 0.2) is 0 Å². The molecule has 0 bridgehead atoms. The van der Waals surface area contributed by atoms with E-state index in [9.17, 15) is 5.11 Å². The van der Waals surface area contributed by atoms with Crippen LogP contribution in [0.4, 0.5) is 0 Å². The van der Waals surface area contributed by atoms with E-state index in [0.29, 0.717) is 5.75 Å². The molecule has 0 saturated heterocycles. The molecule has 0 spiro atoms. The number of hydrogen-bond donors (Lipinski definition) is 0. The summed E-state index contributed by atoms with van der Waals surface area (Å²) in [5.41, 5.74) is 0. The van der Waals surface area contributed by atoms with Gasteiger partial charge in [-0.3, -0.25) is 0 Å². The molecule has 0 aliphatic rings. The smallest absolute Gasteiger partial charge is 0.104 e. The third-order valence-corrected chi connectivity index (χ3v) is 3.22. The lowest BCUT2D eigenvalue weighted by atomic mass is 10.3. The minimum atomic E-state index is -0.461. The predicted molar refractivity (Wildman–Crippen MR) is 64.8 cm³/mol. The lowest BCUT2D eigenvalue weighted by Gasteiger charge is -2.12. The topological polar surface area (TPSA) is 23.1 Å². The number of rotatable bonds is 6. The molecular weight excluding hydrogens is 206 g/mol. The number of thioether (sulfide) groups is 1. The van der Waals surface area contributed by atoms with Gasteiger partial charge in [-0.2, -0.15) is 0 Å². The van der Waals surface area contributed by atoms with Gasteiger partial charge in [-0.15, -0.1) is 11.8 Å². The van der Waals surface area contributed by atoms with Gasteiger partial charge < -0.3 is 4.90 Å². The zero-order chi connectivity index (χ0) is 11.1. The van der Waals surface area contributed by atoms with Crippen LogP contribution >= 0.6 is 11.8 Å². The van der Waals surface area contributed by atoms with E-state index in [2.05, 4.69) is 4.90 Å². The maximum atomic E-state index is 11.6. The van der Waals surface area contributed by atoms with Crippen LogP contribution in [0.3, 0.4) is 0 Å². The van der Waals surface area contributed by atoms with Crippen molar-refractivity contribution in [3.05, 3.63) is 30.3 Å². The Hall–Kier alpha value is -0.510. The number of nitrogens with zero attached hydrogens (tertiary/aromatic N) is 1. The third-order valence-electron chi connectivity index (χ3n) is 2.08. The Balaban J connectivity index is 2.19. The Morgan fingerprint density at radius 1 is 1.27 bits per heavy atom. The standard InChI is InChI=1S/C12H18NOS/c1-13(2)9-8-11(14)10-15-12-6-4-3-5-7-12/h3-7,11H,8-10H2,1-2H3/t11-/m1/s1. The zero-order valence-electron chi connectivity index (χ0n) is 9.35. The monoisotopic (exact) mass is 224 g/mol. The quantitative estimate of drug-likeness (QED) is 0.693. The molecule has 0 aromatic heterocycles. The van der Waals surface area contributed by atoms with Gasteiger partial charge in [-0.1, -0.05) is 18.2 Å². The van der Waals surface area contributed by atoms with Crippen LogP contribution in [0.25, 0.3) is 0 Å². The van der Waals surface area contributed by atoms with Gasteiger partial charge in [-0.25, -0.2) is 5.11 Å². The van der Waals surface area contributed by atoms with Crippen LogP contribution in [0.15, 0.2) is 35.2 Å². The number of hydrogen-bond acceptors (Lipinski definition) is 2. The van der Waals surface area contributed by atoms with Crippen LogP contribution in [-0.4, -0.2) is 37.4 Å². The molecule has 0 N–H and O–H groups in total. The van der Waals surface area contributed by atoms with Gasteiger partial charge in [0.1, 0.15) is 6.10 Å². The fourth-order valence-electron chi connectivity index (χ4n) is 1.19. The Kier molecular flexibility index (Phi) is 5.76. The molecule has 1 rings (SSSR count). The van der Waals surface area contributed by atoms with Crippen molar-refractivity contribution in [2.75, 3.05) is 26.4 Å². The van der Waals surface area contributed by atoms with E-state index in [0.717, 1.165) is 13.0 Å². The van der Waals surface area contributed by atoms with E-state index >= 15 is 0 Å². The highest BCUT2D eigenvalue weighted by Crippen LogP contribution is 2.18. The Labute approximate surface area is 96.3 Å². The van der Waals surface area contributed by atoms with Gasteiger partial charge in [-0.05, 0) is 32.6 Å². The molecule has 0 unspecified atom stereocenters. The summed E-state index contributed by atoms with van der Waals surface area (Å²) in [5, 5.41) is 11.6. The summed E-state index contributed by atoms with van der Waals surface area (Å²) < 4.78 is 0. The summed E-state index contributed by atoms with van der Waals surface area (Å²) in [6.07, 6.45) is 0.268. The molecule has 0 aliphatic carbocycles. The summed E-state index contributed by atoms with van der Waals surface area (Å²) in [4.78, 5) is 3.24. The molecule has 0 fully saturated rings. The highest BCUT2D eigenvalue weighted by atomic mass is 32.2. The van der Waals surface area contributed by atoms with Crippen molar-refractivity contribution < 1.29 is 5.11 Å². The van der Waals surface area contributed by atoms with Crippen molar-refractivity contribution in [3.63, 3.8) is 0 Å². The van der Waals surface area contributed by atoms with Crippen molar-refractivity contribution in [1.82, 2.24) is 4.90 Å². The van der Waals surface area contributed by atoms with E-state index < -0.39 is 6.10 Å². The second-order valence-electron chi connectivity index (χ2n) is 3.84. The van der Waals surface area contributed by atoms with Crippen molar-refractivity contribution in [2.45, 2.75) is 17.4 Å². The first-order valence-electron chi connectivity index (χ1n) is 5.17. The van der Waals surface area contributed by atoms with Crippen LogP contribution in [0.5, 0.6) is 0 Å². The van der Waals surface area contributed by atoms with E-state index in [1.807, 2.05) is 44.4 Å². The van der Waals surface area contributed by atoms with Crippen molar-refractivity contribution in [3.8, 4) is 0 Å². The highest BCUT2D eigenvalue weighted by Gasteiger charge is 2.07. The average Bonchev–Trinajstić information content (AvgIpc) is 2.25. The van der Waals surface area contributed by atoms with Gasteiger partial charge >= 0.3 is 0 Å². The molecular formula is C12H18NOS. The molecule has 0 saturated carbocycles. The summed E-state index contributed by atoms with van der Waals surface area (Å²) in [6, 6.07) is 10.1. The van der Waals surface area contributed by atoms with Crippen molar-refractivity contribution in [1.29, 1.82) is 0 Å². The first-order valence-corrected chi connectivity index (χ1v) is 6.15. The second kappa shape index (κ2) is 6.88. The fraction of sp³-hybridized carbons (Fsp3) is 0.500. The normalized spacial score (nSPS) is 13.1. The molecule has 0 aliphatic heterocycles. The van der Waals surface area contributed by atoms with Crippen LogP contribution in [0.1, 0.15) is 6.42 Å². The van der Waals surface area contributed by atoms with E-state index in [4.69, 9.17) is 0 Å². The molecule has 1 atom stereocenters. The fourth-order valence-corrected chi connectivity index (χ4v) is 2.09. The van der Waals surface area contributed by atoms with Crippen molar-refractivity contribution in [2.24, 2.45) is 0 Å². The Morgan fingerprint density at radius 3 is 2.53 bits per heavy atom. The molecule has 2 nitrogen and oxygen atoms in total. The van der Waals surface area contributed by atoms with Crippen LogP contribution < -0.4 is 0 Å². The van der Waals surface area contributed by atoms with E-state index in [1.54, 1.807) is 11.8 Å². The van der Waals surface area contributed by atoms with Crippen LogP contribution in [-0.2, 0) is 5.11 Å². The SMILES string of the molecule is CN(C)CC[C@@H]([O])CSc1ccccc1. The predicted octanol–water partition coefficient (Wildman–Crippen LogP) is 2.53. The Morgan fingerprint density at radius 2 is 1.93 bits per heavy atom. The van der Waals surface area contributed by atoms with Crippen LogP contribution in [0.2, 0.25) is 0 Å². The van der Waals surface area contributed by atoms with Crippen LogP contribution in [0, 0.1) is 0 Å². The summed E-state index contributed by atoms with van der Waals surface area (Å²) in [5.74, 6) is 0.665. The minimum absolute atomic E-state index is 0.461. The highest BCUT2D eigenvalue weighted by molar-refractivity contribution is 7.99. The molecule has 1 aromatic carbocycles. The average molecular weight is 224 g/mol. The van der Waals surface area contributed by atoms with Gasteiger partial charge in [0, 0.05) is 17.2 Å². The van der Waals surface area contributed by atoms with Crippen molar-refractivity contribution >= 4 is 11.8 Å². The largest absolute Gasteiger partial charge is 0.309 e. The maximum Gasteiger partial charge on any atom is 0.104 e. The summed E-state index contributed by atoms with van der Waals surface area (Å²) >= 11 is 1.65. The van der Waals surface area contributed by atoms with Gasteiger partial charge in [0.05, 0.1) is 0 Å². The summed E-state index contributed by atoms with van der Waals surface area (Å²) in [7, 11) is 3.99. The second-order valence-corrected chi connectivity index (χ2v) is 4.93. The van der Waals surface area contributed by atoms with Gasteiger partial charge in [0.25, 0.3) is 0 Å². The molecule has 1 radical (unpaired) electrons. The molecule has 3 heteroatoms. The molecule has 1 aromatic rings. The van der Waals surface area contributed by atoms with Gasteiger partial charge in [0.2, 0.25) is 0 Å². The number of benzene rings is 1. The zero-order valence-corrected chi connectivity index (χ0v) is 10.2. The molecule has 15 heavy (non-hydrogen) atoms. The minimum Gasteiger partial charge on any atom is -0.309 e. The lowest BCUT2D eigenvalue weighted by molar-refractivity contribution is 0.0942.